The summed E-state index contributed by atoms with van der Waals surface area (Å²) in [4.78, 5) is 24.6. The number of carbonyl (C=O) groups excluding carboxylic acids is 1. The van der Waals surface area contributed by atoms with Crippen LogP contribution in [0.3, 0.4) is 0 Å². The molecule has 0 saturated carbocycles. The number of rotatable bonds is 7. The minimum Gasteiger partial charge on any atom is -0.497 e. The molecule has 0 bridgehead atoms. The lowest BCUT2D eigenvalue weighted by Crippen LogP contribution is -2.17. The van der Waals surface area contributed by atoms with E-state index in [-0.39, 0.29) is 5.69 Å². The number of nitrogens with zero attached hydrogens (tertiary/aromatic N) is 2. The van der Waals surface area contributed by atoms with Crippen LogP contribution < -0.4 is 10.2 Å². The summed E-state index contributed by atoms with van der Waals surface area (Å²) in [5, 5.41) is 15.4. The predicted octanol–water partition coefficient (Wildman–Crippen LogP) is 4.83. The van der Waals surface area contributed by atoms with Gasteiger partial charge in [-0.1, -0.05) is 35.5 Å². The molecule has 1 N–H and O–H groups in total. The van der Waals surface area contributed by atoms with Crippen molar-refractivity contribution in [1.29, 1.82) is 0 Å². The van der Waals surface area contributed by atoms with Crippen LogP contribution in [0.5, 0.6) is 5.75 Å². The molecule has 0 heterocycles. The van der Waals surface area contributed by atoms with Gasteiger partial charge in [-0.2, -0.15) is 5.10 Å². The molecule has 0 atom stereocenters. The van der Waals surface area contributed by atoms with Gasteiger partial charge in [0, 0.05) is 22.1 Å². The van der Waals surface area contributed by atoms with Crippen molar-refractivity contribution in [3.8, 4) is 5.75 Å². The predicted molar refractivity (Wildman–Crippen MR) is 116 cm³/mol. The number of benzene rings is 3. The van der Waals surface area contributed by atoms with E-state index in [0.29, 0.717) is 21.8 Å². The highest BCUT2D eigenvalue weighted by atomic mass is 32.2. The number of hydrogen-bond donors (Lipinski definition) is 1. The molecule has 8 heteroatoms. The number of nitro groups is 1. The van der Waals surface area contributed by atoms with Gasteiger partial charge < -0.3 is 4.74 Å². The Kier molecular flexibility index (Phi) is 6.82. The van der Waals surface area contributed by atoms with Crippen LogP contribution in [0.1, 0.15) is 21.5 Å². The summed E-state index contributed by atoms with van der Waals surface area (Å²) in [5.74, 6) is 0.251. The van der Waals surface area contributed by atoms with Gasteiger partial charge in [-0.3, -0.25) is 14.9 Å². The highest BCUT2D eigenvalue weighted by Crippen LogP contribution is 2.35. The lowest BCUT2D eigenvalue weighted by atomic mass is 10.2. The maximum Gasteiger partial charge on any atom is 0.283 e. The van der Waals surface area contributed by atoms with Crippen LogP contribution in [0.4, 0.5) is 5.69 Å². The lowest BCUT2D eigenvalue weighted by molar-refractivity contribution is -0.387. The zero-order chi connectivity index (χ0) is 21.5. The number of nitro benzene ring substituents is 1. The van der Waals surface area contributed by atoms with Crippen molar-refractivity contribution in [2.24, 2.45) is 5.10 Å². The van der Waals surface area contributed by atoms with Gasteiger partial charge in [0.2, 0.25) is 0 Å². The molecule has 1 amide bonds. The fraction of sp³-hybridized carbons (Fsp3) is 0.0909. The van der Waals surface area contributed by atoms with Crippen molar-refractivity contribution in [1.82, 2.24) is 5.43 Å². The Morgan fingerprint density at radius 1 is 1.10 bits per heavy atom. The third kappa shape index (κ3) is 5.45. The molecule has 3 rings (SSSR count). The highest BCUT2D eigenvalue weighted by Gasteiger charge is 2.15. The Hall–Kier alpha value is -3.65. The summed E-state index contributed by atoms with van der Waals surface area (Å²) < 4.78 is 5.05. The fourth-order valence-electron chi connectivity index (χ4n) is 2.55. The van der Waals surface area contributed by atoms with Gasteiger partial charge in [-0.25, -0.2) is 5.43 Å². The van der Waals surface area contributed by atoms with Crippen LogP contribution in [-0.2, 0) is 0 Å². The second kappa shape index (κ2) is 9.71. The second-order valence-electron chi connectivity index (χ2n) is 6.33. The van der Waals surface area contributed by atoms with Crippen LogP contribution in [0.2, 0.25) is 0 Å². The molecule has 7 nitrogen and oxygen atoms in total. The topological polar surface area (TPSA) is 93.8 Å². The zero-order valence-corrected chi connectivity index (χ0v) is 17.2. The third-order valence-electron chi connectivity index (χ3n) is 4.16. The van der Waals surface area contributed by atoms with Gasteiger partial charge in [0.25, 0.3) is 11.6 Å². The lowest BCUT2D eigenvalue weighted by Gasteiger charge is -2.05. The molecular weight excluding hydrogens is 402 g/mol. The van der Waals surface area contributed by atoms with E-state index in [0.717, 1.165) is 10.5 Å². The Morgan fingerprint density at radius 3 is 2.43 bits per heavy atom. The quantitative estimate of drug-likeness (QED) is 0.335. The van der Waals surface area contributed by atoms with E-state index in [1.54, 1.807) is 43.5 Å². The van der Waals surface area contributed by atoms with E-state index >= 15 is 0 Å². The van der Waals surface area contributed by atoms with Crippen LogP contribution in [0, 0.1) is 17.0 Å². The Balaban J connectivity index is 1.71. The summed E-state index contributed by atoms with van der Waals surface area (Å²) in [6, 6.07) is 19.2. The molecule has 3 aromatic carbocycles. The van der Waals surface area contributed by atoms with Crippen LogP contribution in [0.15, 0.2) is 81.6 Å². The number of methoxy groups -OCH3 is 1. The van der Waals surface area contributed by atoms with Gasteiger partial charge in [0.15, 0.2) is 0 Å². The largest absolute Gasteiger partial charge is 0.497 e. The Bertz CT molecular complexity index is 1080. The summed E-state index contributed by atoms with van der Waals surface area (Å²) in [6.07, 6.45) is 1.37. The van der Waals surface area contributed by atoms with Gasteiger partial charge in [-0.05, 0) is 49.4 Å². The molecule has 0 unspecified atom stereocenters. The minimum absolute atomic E-state index is 0.0222. The number of ether oxygens (including phenoxy) is 1. The van der Waals surface area contributed by atoms with Crippen molar-refractivity contribution < 1.29 is 14.5 Å². The summed E-state index contributed by atoms with van der Waals surface area (Å²) in [6.45, 7) is 1.98. The zero-order valence-electron chi connectivity index (χ0n) is 16.4. The van der Waals surface area contributed by atoms with E-state index in [2.05, 4.69) is 10.5 Å². The van der Waals surface area contributed by atoms with Crippen molar-refractivity contribution in [2.75, 3.05) is 7.11 Å². The number of amides is 1. The standard InChI is InChI=1S/C22H19N3O4S/c1-15-3-10-19(11-4-15)30-21-12-5-16(13-20(21)25(27)28)14-23-24-22(26)17-6-8-18(29-2)9-7-17/h3-14H,1-2H3,(H,24,26). The first-order valence-corrected chi connectivity index (χ1v) is 9.78. The highest BCUT2D eigenvalue weighted by molar-refractivity contribution is 7.99. The number of carbonyl (C=O) groups is 1. The van der Waals surface area contributed by atoms with Crippen LogP contribution in [-0.4, -0.2) is 24.2 Å². The maximum atomic E-state index is 12.1. The summed E-state index contributed by atoms with van der Waals surface area (Å²) in [5.41, 5.74) is 4.43. The molecule has 0 aliphatic heterocycles. The normalized spacial score (nSPS) is 10.7. The monoisotopic (exact) mass is 421 g/mol. The number of hydrazone groups is 1. The molecule has 0 radical (unpaired) electrons. The summed E-state index contributed by atoms with van der Waals surface area (Å²) in [7, 11) is 1.54. The Labute approximate surface area is 177 Å². The molecule has 3 aromatic rings. The van der Waals surface area contributed by atoms with Crippen LogP contribution in [0.25, 0.3) is 0 Å². The average molecular weight is 421 g/mol. The van der Waals surface area contributed by atoms with E-state index < -0.39 is 10.8 Å². The molecule has 0 fully saturated rings. The first-order chi connectivity index (χ1) is 14.5. The SMILES string of the molecule is COc1ccc(C(=O)NN=Cc2ccc(Sc3ccc(C)cc3)c([N+](=O)[O-])c2)cc1. The molecular formula is C22H19N3O4S. The van der Waals surface area contributed by atoms with Gasteiger partial charge in [-0.15, -0.1) is 0 Å². The molecule has 0 aliphatic rings. The number of hydrogen-bond acceptors (Lipinski definition) is 6. The molecule has 0 aromatic heterocycles. The average Bonchev–Trinajstić information content (AvgIpc) is 2.76. The molecule has 30 heavy (non-hydrogen) atoms. The van der Waals surface area contributed by atoms with Gasteiger partial charge >= 0.3 is 0 Å². The van der Waals surface area contributed by atoms with E-state index in [9.17, 15) is 14.9 Å². The van der Waals surface area contributed by atoms with Gasteiger partial charge in [0.1, 0.15) is 5.75 Å². The maximum absolute atomic E-state index is 12.1. The number of nitrogens with one attached hydrogen (secondary N) is 1. The Morgan fingerprint density at radius 2 is 1.80 bits per heavy atom. The second-order valence-corrected chi connectivity index (χ2v) is 7.44. The van der Waals surface area contributed by atoms with Crippen molar-refractivity contribution >= 4 is 29.6 Å². The smallest absolute Gasteiger partial charge is 0.283 e. The first kappa shape index (κ1) is 21.1. The van der Waals surface area contributed by atoms with Crippen molar-refractivity contribution in [2.45, 2.75) is 16.7 Å². The van der Waals surface area contributed by atoms with Gasteiger partial charge in [0.05, 0.1) is 23.1 Å². The molecule has 0 spiro atoms. The van der Waals surface area contributed by atoms with Crippen LogP contribution >= 0.6 is 11.8 Å². The molecule has 0 aliphatic carbocycles. The van der Waals surface area contributed by atoms with E-state index in [4.69, 9.17) is 4.74 Å². The first-order valence-electron chi connectivity index (χ1n) is 8.96. The minimum atomic E-state index is -0.427. The van der Waals surface area contributed by atoms with E-state index in [1.807, 2.05) is 31.2 Å². The fourth-order valence-corrected chi connectivity index (χ4v) is 3.45. The van der Waals surface area contributed by atoms with E-state index in [1.165, 1.54) is 24.0 Å². The summed E-state index contributed by atoms with van der Waals surface area (Å²) >= 11 is 1.32. The van der Waals surface area contributed by atoms with Crippen molar-refractivity contribution in [3.63, 3.8) is 0 Å². The van der Waals surface area contributed by atoms with Crippen molar-refractivity contribution in [3.05, 3.63) is 93.5 Å². The molecule has 152 valence electrons. The third-order valence-corrected chi connectivity index (χ3v) is 5.23. The number of aryl methyl sites for hydroxylation is 1. The molecule has 0 saturated heterocycles.